The Kier molecular flexibility index (Phi) is 4.32. The number of hydrogen-bond donors (Lipinski definition) is 2. The Bertz CT molecular complexity index is 629. The van der Waals surface area contributed by atoms with Crippen LogP contribution in [0.4, 0.5) is 10.1 Å². The summed E-state index contributed by atoms with van der Waals surface area (Å²) in [6.45, 7) is 0.0736. The van der Waals surface area contributed by atoms with E-state index in [9.17, 15) is 9.18 Å². The molecule has 3 N–H and O–H groups in total. The molecule has 0 heterocycles. The minimum atomic E-state index is -0.386. The first kappa shape index (κ1) is 14.0. The van der Waals surface area contributed by atoms with Crippen molar-refractivity contribution >= 4 is 11.6 Å². The monoisotopic (exact) mass is 274 g/mol. The van der Waals surface area contributed by atoms with E-state index in [-0.39, 0.29) is 18.3 Å². The number of methoxy groups -OCH3 is 1. The van der Waals surface area contributed by atoms with Crippen LogP contribution < -0.4 is 15.8 Å². The number of anilines is 1. The third-order valence-corrected chi connectivity index (χ3v) is 2.88. The Morgan fingerprint density at radius 1 is 1.30 bits per heavy atom. The summed E-state index contributed by atoms with van der Waals surface area (Å²) in [6, 6.07) is 11.2. The molecule has 0 radical (unpaired) electrons. The fourth-order valence-corrected chi connectivity index (χ4v) is 1.84. The molecule has 2 aromatic rings. The normalized spacial score (nSPS) is 10.2. The highest BCUT2D eigenvalue weighted by Crippen LogP contribution is 2.20. The summed E-state index contributed by atoms with van der Waals surface area (Å²) in [6.07, 6.45) is 0. The van der Waals surface area contributed by atoms with Gasteiger partial charge in [0.25, 0.3) is 5.91 Å². The van der Waals surface area contributed by atoms with Gasteiger partial charge in [0.05, 0.1) is 12.7 Å². The van der Waals surface area contributed by atoms with Crippen molar-refractivity contribution in [3.8, 4) is 5.75 Å². The van der Waals surface area contributed by atoms with Gasteiger partial charge in [0.1, 0.15) is 11.6 Å². The van der Waals surface area contributed by atoms with Crippen LogP contribution in [-0.4, -0.2) is 13.0 Å². The second-order valence-electron chi connectivity index (χ2n) is 4.16. The molecule has 0 fully saturated rings. The molecule has 0 saturated carbocycles. The number of carbonyl (C=O) groups excluding carboxylic acids is 1. The maximum Gasteiger partial charge on any atom is 0.259 e. The van der Waals surface area contributed by atoms with E-state index in [2.05, 4.69) is 5.32 Å². The minimum absolute atomic E-state index is 0.0736. The first-order valence-corrected chi connectivity index (χ1v) is 6.08. The van der Waals surface area contributed by atoms with Crippen molar-refractivity contribution in [3.63, 3.8) is 0 Å². The first-order valence-electron chi connectivity index (χ1n) is 6.08. The molecule has 0 aromatic heterocycles. The van der Waals surface area contributed by atoms with Gasteiger partial charge in [-0.15, -0.1) is 0 Å². The van der Waals surface area contributed by atoms with E-state index in [0.29, 0.717) is 22.6 Å². The number of benzene rings is 2. The molecule has 0 aliphatic carbocycles. The Labute approximate surface area is 116 Å². The molecule has 20 heavy (non-hydrogen) atoms. The Morgan fingerprint density at radius 2 is 2.05 bits per heavy atom. The summed E-state index contributed by atoms with van der Waals surface area (Å²) in [4.78, 5) is 12.2. The van der Waals surface area contributed by atoms with Gasteiger partial charge in [-0.1, -0.05) is 12.1 Å². The molecule has 5 heteroatoms. The van der Waals surface area contributed by atoms with Gasteiger partial charge in [-0.05, 0) is 30.3 Å². The van der Waals surface area contributed by atoms with Gasteiger partial charge in [-0.2, -0.15) is 0 Å². The van der Waals surface area contributed by atoms with Crippen molar-refractivity contribution in [2.24, 2.45) is 5.73 Å². The van der Waals surface area contributed by atoms with Crippen LogP contribution in [0.3, 0.4) is 0 Å². The van der Waals surface area contributed by atoms with E-state index in [4.69, 9.17) is 10.5 Å². The number of ether oxygens (including phenoxy) is 1. The molecule has 0 spiro atoms. The summed E-state index contributed by atoms with van der Waals surface area (Å²) in [5.74, 6) is -0.231. The lowest BCUT2D eigenvalue weighted by atomic mass is 10.1. The van der Waals surface area contributed by atoms with Crippen LogP contribution in [0.15, 0.2) is 42.5 Å². The third-order valence-electron chi connectivity index (χ3n) is 2.88. The summed E-state index contributed by atoms with van der Waals surface area (Å²) >= 11 is 0. The fraction of sp³-hybridized carbons (Fsp3) is 0.133. The highest BCUT2D eigenvalue weighted by atomic mass is 19.1. The zero-order valence-corrected chi connectivity index (χ0v) is 11.0. The van der Waals surface area contributed by atoms with Crippen molar-refractivity contribution < 1.29 is 13.9 Å². The lowest BCUT2D eigenvalue weighted by molar-refractivity contribution is 0.102. The third kappa shape index (κ3) is 2.95. The number of hydrogen-bond acceptors (Lipinski definition) is 3. The molecular weight excluding hydrogens is 259 g/mol. The Balaban J connectivity index is 2.23. The van der Waals surface area contributed by atoms with Crippen molar-refractivity contribution in [2.45, 2.75) is 6.54 Å². The zero-order valence-electron chi connectivity index (χ0n) is 11.0. The van der Waals surface area contributed by atoms with Gasteiger partial charge < -0.3 is 15.8 Å². The van der Waals surface area contributed by atoms with E-state index in [1.165, 1.54) is 25.3 Å². The molecule has 2 rings (SSSR count). The van der Waals surface area contributed by atoms with E-state index in [1.54, 1.807) is 24.3 Å². The van der Waals surface area contributed by atoms with Crippen LogP contribution in [-0.2, 0) is 6.54 Å². The molecular formula is C15H15FN2O2. The molecule has 0 atom stereocenters. The van der Waals surface area contributed by atoms with E-state index >= 15 is 0 Å². The molecule has 0 unspecified atom stereocenters. The van der Waals surface area contributed by atoms with Crippen molar-refractivity contribution in [1.82, 2.24) is 0 Å². The lowest BCUT2D eigenvalue weighted by Crippen LogP contribution is -2.13. The molecule has 2 aromatic carbocycles. The van der Waals surface area contributed by atoms with Gasteiger partial charge in [-0.25, -0.2) is 4.39 Å². The molecule has 0 bridgehead atoms. The van der Waals surface area contributed by atoms with Crippen molar-refractivity contribution in [2.75, 3.05) is 12.4 Å². The molecule has 0 aliphatic heterocycles. The molecule has 104 valence electrons. The van der Waals surface area contributed by atoms with E-state index < -0.39 is 0 Å². The summed E-state index contributed by atoms with van der Waals surface area (Å²) in [7, 11) is 1.50. The van der Waals surface area contributed by atoms with Crippen LogP contribution in [0.5, 0.6) is 5.75 Å². The number of halogens is 1. The quantitative estimate of drug-likeness (QED) is 0.900. The highest BCUT2D eigenvalue weighted by Gasteiger charge is 2.12. The topological polar surface area (TPSA) is 64.3 Å². The predicted molar refractivity (Wildman–Crippen MR) is 75.2 cm³/mol. The Morgan fingerprint density at radius 3 is 2.75 bits per heavy atom. The van der Waals surface area contributed by atoms with Gasteiger partial charge in [-0.3, -0.25) is 4.79 Å². The lowest BCUT2D eigenvalue weighted by Gasteiger charge is -2.10. The minimum Gasteiger partial charge on any atom is -0.496 e. The number of amides is 1. The maximum absolute atomic E-state index is 13.3. The second-order valence-corrected chi connectivity index (χ2v) is 4.16. The number of nitrogens with two attached hydrogens (primary N) is 1. The molecule has 0 saturated heterocycles. The average molecular weight is 274 g/mol. The van der Waals surface area contributed by atoms with Gasteiger partial charge in [0, 0.05) is 17.8 Å². The molecule has 4 nitrogen and oxygen atoms in total. The van der Waals surface area contributed by atoms with E-state index in [1.807, 2.05) is 0 Å². The summed E-state index contributed by atoms with van der Waals surface area (Å²) < 4.78 is 18.5. The maximum atomic E-state index is 13.3. The first-order chi connectivity index (χ1) is 9.65. The van der Waals surface area contributed by atoms with Crippen molar-refractivity contribution in [1.29, 1.82) is 0 Å². The number of para-hydroxylation sites is 1. The predicted octanol–water partition coefficient (Wildman–Crippen LogP) is 2.55. The van der Waals surface area contributed by atoms with Crippen LogP contribution in [0.2, 0.25) is 0 Å². The summed E-state index contributed by atoms with van der Waals surface area (Å²) in [5, 5.41) is 2.69. The number of nitrogens with one attached hydrogen (secondary N) is 1. The van der Waals surface area contributed by atoms with Gasteiger partial charge in [0.2, 0.25) is 0 Å². The summed E-state index contributed by atoms with van der Waals surface area (Å²) in [5.41, 5.74) is 6.68. The van der Waals surface area contributed by atoms with Crippen LogP contribution in [0, 0.1) is 5.82 Å². The van der Waals surface area contributed by atoms with Crippen molar-refractivity contribution in [3.05, 3.63) is 59.4 Å². The molecule has 1 amide bonds. The highest BCUT2D eigenvalue weighted by molar-refractivity contribution is 6.06. The molecule has 0 aliphatic rings. The standard InChI is InChI=1S/C15H15FN2O2/c1-20-14-5-3-2-4-12(14)15(19)18-11-6-7-13(16)10(8-11)9-17/h2-8H,9,17H2,1H3,(H,18,19). The fourth-order valence-electron chi connectivity index (χ4n) is 1.84. The van der Waals surface area contributed by atoms with Gasteiger partial charge in [0.15, 0.2) is 0 Å². The largest absolute Gasteiger partial charge is 0.496 e. The van der Waals surface area contributed by atoms with Crippen LogP contribution in [0.1, 0.15) is 15.9 Å². The zero-order chi connectivity index (χ0) is 14.5. The van der Waals surface area contributed by atoms with Gasteiger partial charge >= 0.3 is 0 Å². The Hall–Kier alpha value is -2.40. The number of rotatable bonds is 4. The average Bonchev–Trinajstić information content (AvgIpc) is 2.49. The smallest absolute Gasteiger partial charge is 0.259 e. The second kappa shape index (κ2) is 6.16. The van der Waals surface area contributed by atoms with E-state index in [0.717, 1.165) is 0 Å². The SMILES string of the molecule is COc1ccccc1C(=O)Nc1ccc(F)c(CN)c1. The van der Waals surface area contributed by atoms with Crippen LogP contribution in [0.25, 0.3) is 0 Å². The number of carbonyl (C=O) groups is 1. The van der Waals surface area contributed by atoms with Crippen LogP contribution >= 0.6 is 0 Å².